The Balaban J connectivity index is 3.21. The van der Waals surface area contributed by atoms with E-state index in [2.05, 4.69) is 10.6 Å². The molecular weight excluding hydrogens is 180 g/mol. The lowest BCUT2D eigenvalue weighted by Gasteiger charge is -2.03. The summed E-state index contributed by atoms with van der Waals surface area (Å²) in [5, 5.41) is 5.50. The zero-order chi connectivity index (χ0) is 10.8. The van der Waals surface area contributed by atoms with E-state index >= 15 is 0 Å². The van der Waals surface area contributed by atoms with Crippen LogP contribution in [0.2, 0.25) is 0 Å². The smallest absolute Gasteiger partial charge is 0.219 e. The number of unbranched alkanes of at least 4 members (excludes halogenated alkanes) is 1. The molecule has 0 bridgehead atoms. The normalized spacial score (nSPS) is 9.57. The van der Waals surface area contributed by atoms with Crippen molar-refractivity contribution in [2.45, 2.75) is 39.5 Å². The van der Waals surface area contributed by atoms with E-state index in [1.165, 1.54) is 0 Å². The van der Waals surface area contributed by atoms with Gasteiger partial charge in [-0.3, -0.25) is 9.59 Å². The van der Waals surface area contributed by atoms with Crippen molar-refractivity contribution in [1.82, 2.24) is 10.6 Å². The molecule has 4 nitrogen and oxygen atoms in total. The summed E-state index contributed by atoms with van der Waals surface area (Å²) >= 11 is 0. The lowest BCUT2D eigenvalue weighted by Crippen LogP contribution is -2.24. The van der Waals surface area contributed by atoms with Crippen molar-refractivity contribution in [3.05, 3.63) is 0 Å². The molecule has 82 valence electrons. The monoisotopic (exact) mass is 200 g/mol. The zero-order valence-corrected chi connectivity index (χ0v) is 9.06. The summed E-state index contributed by atoms with van der Waals surface area (Å²) in [4.78, 5) is 21.8. The molecule has 2 N–H and O–H groups in total. The van der Waals surface area contributed by atoms with E-state index in [-0.39, 0.29) is 11.8 Å². The van der Waals surface area contributed by atoms with Crippen molar-refractivity contribution in [3.63, 3.8) is 0 Å². The van der Waals surface area contributed by atoms with Crippen LogP contribution >= 0.6 is 0 Å². The van der Waals surface area contributed by atoms with Gasteiger partial charge in [0.1, 0.15) is 0 Å². The van der Waals surface area contributed by atoms with Crippen LogP contribution in [0.15, 0.2) is 0 Å². The third-order valence-electron chi connectivity index (χ3n) is 1.85. The molecule has 0 saturated heterocycles. The summed E-state index contributed by atoms with van der Waals surface area (Å²) in [6, 6.07) is 0. The highest BCUT2D eigenvalue weighted by Gasteiger charge is 1.99. The van der Waals surface area contributed by atoms with Crippen molar-refractivity contribution in [1.29, 1.82) is 0 Å². The Morgan fingerprint density at radius 2 is 1.71 bits per heavy atom. The zero-order valence-electron chi connectivity index (χ0n) is 9.06. The molecule has 0 aromatic heterocycles. The van der Waals surface area contributed by atoms with Gasteiger partial charge in [-0.25, -0.2) is 0 Å². The van der Waals surface area contributed by atoms with Gasteiger partial charge < -0.3 is 10.6 Å². The molecule has 0 atom stereocenters. The number of carbonyl (C=O) groups is 2. The largest absolute Gasteiger partial charge is 0.356 e. The van der Waals surface area contributed by atoms with Crippen LogP contribution in [0.25, 0.3) is 0 Å². The third-order valence-corrected chi connectivity index (χ3v) is 1.85. The summed E-state index contributed by atoms with van der Waals surface area (Å²) in [6.45, 7) is 5.08. The molecule has 14 heavy (non-hydrogen) atoms. The maximum atomic E-state index is 11.0. The molecule has 0 aromatic rings. The second-order valence-electron chi connectivity index (χ2n) is 3.11. The Kier molecular flexibility index (Phi) is 7.89. The van der Waals surface area contributed by atoms with E-state index < -0.39 is 0 Å². The Hall–Kier alpha value is -1.06. The highest BCUT2D eigenvalue weighted by Crippen LogP contribution is 1.93. The van der Waals surface area contributed by atoms with Crippen molar-refractivity contribution in [2.24, 2.45) is 0 Å². The number of hydrogen-bond donors (Lipinski definition) is 2. The molecule has 0 heterocycles. The summed E-state index contributed by atoms with van der Waals surface area (Å²) in [5.41, 5.74) is 0. The molecule has 0 spiro atoms. The second kappa shape index (κ2) is 8.53. The van der Waals surface area contributed by atoms with Crippen LogP contribution in [0.3, 0.4) is 0 Å². The van der Waals surface area contributed by atoms with Gasteiger partial charge >= 0.3 is 0 Å². The molecule has 0 unspecified atom stereocenters. The van der Waals surface area contributed by atoms with Gasteiger partial charge in [0.15, 0.2) is 0 Å². The van der Waals surface area contributed by atoms with Crippen LogP contribution in [0, 0.1) is 0 Å². The van der Waals surface area contributed by atoms with Gasteiger partial charge in [-0.1, -0.05) is 6.92 Å². The maximum Gasteiger partial charge on any atom is 0.219 e. The second-order valence-corrected chi connectivity index (χ2v) is 3.11. The topological polar surface area (TPSA) is 58.2 Å². The molecule has 0 radical (unpaired) electrons. The van der Waals surface area contributed by atoms with Gasteiger partial charge in [0, 0.05) is 25.9 Å². The van der Waals surface area contributed by atoms with E-state index in [9.17, 15) is 9.59 Å². The average Bonchev–Trinajstić information content (AvgIpc) is 2.17. The van der Waals surface area contributed by atoms with Gasteiger partial charge in [0.05, 0.1) is 0 Å². The number of hydrogen-bond acceptors (Lipinski definition) is 2. The Labute approximate surface area is 85.4 Å². The standard InChI is InChI=1S/C10H20N2O2/c1-3-9(13)12-8-6-5-7-10(14)11-4-2/h3-8H2,1-2H3,(H,11,14)(H,12,13). The summed E-state index contributed by atoms with van der Waals surface area (Å²) in [7, 11) is 0. The lowest BCUT2D eigenvalue weighted by molar-refractivity contribution is -0.121. The molecule has 0 aliphatic carbocycles. The van der Waals surface area contributed by atoms with E-state index in [1.54, 1.807) is 0 Å². The molecule has 4 heteroatoms. The highest BCUT2D eigenvalue weighted by atomic mass is 16.2. The Bertz CT molecular complexity index is 181. The fourth-order valence-corrected chi connectivity index (χ4v) is 1.05. The molecule has 0 fully saturated rings. The third kappa shape index (κ3) is 7.58. The van der Waals surface area contributed by atoms with Crippen LogP contribution in [0.4, 0.5) is 0 Å². The number of carbonyl (C=O) groups excluding carboxylic acids is 2. The Morgan fingerprint density at radius 3 is 2.29 bits per heavy atom. The van der Waals surface area contributed by atoms with E-state index in [4.69, 9.17) is 0 Å². The van der Waals surface area contributed by atoms with Crippen LogP contribution in [0.1, 0.15) is 39.5 Å². The number of amides is 2. The summed E-state index contributed by atoms with van der Waals surface area (Å²) < 4.78 is 0. The van der Waals surface area contributed by atoms with Crippen molar-refractivity contribution in [2.75, 3.05) is 13.1 Å². The predicted molar refractivity (Wildman–Crippen MR) is 55.8 cm³/mol. The molecular formula is C10H20N2O2. The molecule has 0 aromatic carbocycles. The SMILES string of the molecule is CCNC(=O)CCCCNC(=O)CC. The fraction of sp³-hybridized carbons (Fsp3) is 0.800. The van der Waals surface area contributed by atoms with Crippen LogP contribution < -0.4 is 10.6 Å². The van der Waals surface area contributed by atoms with Crippen molar-refractivity contribution in [3.8, 4) is 0 Å². The first-order valence-corrected chi connectivity index (χ1v) is 5.24. The molecule has 2 amide bonds. The average molecular weight is 200 g/mol. The fourth-order valence-electron chi connectivity index (χ4n) is 1.05. The Morgan fingerprint density at radius 1 is 1.00 bits per heavy atom. The summed E-state index contributed by atoms with van der Waals surface area (Å²) in [5.74, 6) is 0.164. The van der Waals surface area contributed by atoms with E-state index in [0.29, 0.717) is 25.9 Å². The van der Waals surface area contributed by atoms with Crippen LogP contribution in [-0.4, -0.2) is 24.9 Å². The van der Waals surface area contributed by atoms with E-state index in [0.717, 1.165) is 12.8 Å². The van der Waals surface area contributed by atoms with E-state index in [1.807, 2.05) is 13.8 Å². The van der Waals surface area contributed by atoms with Crippen molar-refractivity contribution < 1.29 is 9.59 Å². The first kappa shape index (κ1) is 12.9. The molecule has 0 aliphatic rings. The van der Waals surface area contributed by atoms with Gasteiger partial charge in [-0.05, 0) is 19.8 Å². The summed E-state index contributed by atoms with van der Waals surface area (Å²) in [6.07, 6.45) is 2.77. The molecule has 0 saturated carbocycles. The predicted octanol–water partition coefficient (Wildman–Crippen LogP) is 0.819. The first-order chi connectivity index (χ1) is 6.70. The minimum Gasteiger partial charge on any atom is -0.356 e. The number of nitrogens with one attached hydrogen (secondary N) is 2. The van der Waals surface area contributed by atoms with Gasteiger partial charge in [-0.15, -0.1) is 0 Å². The highest BCUT2D eigenvalue weighted by molar-refractivity contribution is 5.76. The molecule has 0 aliphatic heterocycles. The van der Waals surface area contributed by atoms with Gasteiger partial charge in [0.25, 0.3) is 0 Å². The lowest BCUT2D eigenvalue weighted by atomic mass is 10.2. The quantitative estimate of drug-likeness (QED) is 0.598. The van der Waals surface area contributed by atoms with Gasteiger partial charge in [0.2, 0.25) is 11.8 Å². The van der Waals surface area contributed by atoms with Crippen LogP contribution in [0.5, 0.6) is 0 Å². The minimum atomic E-state index is 0.0722. The minimum absolute atomic E-state index is 0.0722. The molecule has 0 rings (SSSR count). The maximum absolute atomic E-state index is 11.0. The van der Waals surface area contributed by atoms with Crippen molar-refractivity contribution >= 4 is 11.8 Å². The first-order valence-electron chi connectivity index (χ1n) is 5.24. The van der Waals surface area contributed by atoms with Crippen LogP contribution in [-0.2, 0) is 9.59 Å². The van der Waals surface area contributed by atoms with Gasteiger partial charge in [-0.2, -0.15) is 0 Å². The number of rotatable bonds is 7.